The van der Waals surface area contributed by atoms with E-state index in [0.29, 0.717) is 21.7 Å². The van der Waals surface area contributed by atoms with Crippen molar-refractivity contribution in [2.45, 2.75) is 0 Å². The summed E-state index contributed by atoms with van der Waals surface area (Å²) in [4.78, 5) is 10.2. The van der Waals surface area contributed by atoms with Gasteiger partial charge in [0.05, 0.1) is 5.97 Å². The van der Waals surface area contributed by atoms with Gasteiger partial charge in [0.2, 0.25) is 0 Å². The Labute approximate surface area is 193 Å². The molecule has 0 fully saturated rings. The monoisotopic (exact) mass is 573 g/mol. The number of aromatic hydroxyl groups is 1. The molecule has 0 aliphatic carbocycles. The average molecular weight is 572 g/mol. The van der Waals surface area contributed by atoms with Crippen LogP contribution in [0.25, 0.3) is 0 Å². The SMILES string of the molecule is O=C([O-])c1ccccc1O.S=C([S-])NCCNC(=S)S.[Hg+].[Na+]. The third-order valence-electron chi connectivity index (χ3n) is 1.79. The second kappa shape index (κ2) is 16.6. The third kappa shape index (κ3) is 15.7. The summed E-state index contributed by atoms with van der Waals surface area (Å²) in [6, 6.07) is 5.64. The van der Waals surface area contributed by atoms with E-state index in [0.717, 1.165) is 0 Å². The molecule has 0 aliphatic rings. The maximum Gasteiger partial charge on any atom is 1.00 e. The Bertz CT molecular complexity index is 478. The Morgan fingerprint density at radius 3 is 2.14 bits per heavy atom. The van der Waals surface area contributed by atoms with Gasteiger partial charge in [-0.2, -0.15) is 0 Å². The number of carboxylic acid groups (broad SMARTS) is 1. The van der Waals surface area contributed by atoms with Crippen molar-refractivity contribution in [3.05, 3.63) is 29.8 Å². The number of rotatable bonds is 4. The van der Waals surface area contributed by atoms with Crippen LogP contribution in [0.15, 0.2) is 24.3 Å². The molecule has 22 heavy (non-hydrogen) atoms. The molecule has 0 aromatic heterocycles. The van der Waals surface area contributed by atoms with E-state index in [1.54, 1.807) is 6.07 Å². The molecule has 5 nitrogen and oxygen atoms in total. The number of aromatic carboxylic acids is 1. The number of para-hydroxylation sites is 1. The van der Waals surface area contributed by atoms with E-state index in [2.05, 4.69) is 60.3 Å². The molecule has 0 bridgehead atoms. The smallest absolute Gasteiger partial charge is 0.545 e. The van der Waals surface area contributed by atoms with Crippen molar-refractivity contribution in [1.82, 2.24) is 10.6 Å². The van der Waals surface area contributed by atoms with Crippen molar-refractivity contribution in [3.8, 4) is 5.75 Å². The minimum Gasteiger partial charge on any atom is -0.545 e. The maximum absolute atomic E-state index is 10.2. The summed E-state index contributed by atoms with van der Waals surface area (Å²) >= 11 is 17.7. The zero-order chi connectivity index (χ0) is 15.5. The van der Waals surface area contributed by atoms with E-state index >= 15 is 0 Å². The van der Waals surface area contributed by atoms with E-state index in [9.17, 15) is 9.90 Å². The largest absolute Gasteiger partial charge is 1.00 e. The molecule has 1 radical (unpaired) electrons. The van der Waals surface area contributed by atoms with Crippen molar-refractivity contribution in [3.63, 3.8) is 0 Å². The molecule has 1 rings (SSSR count). The van der Waals surface area contributed by atoms with Crippen molar-refractivity contribution in [2.75, 3.05) is 13.1 Å². The molecule has 1 aromatic carbocycles. The topological polar surface area (TPSA) is 84.4 Å². The van der Waals surface area contributed by atoms with E-state index in [4.69, 9.17) is 5.11 Å². The number of hydrogen-bond donors (Lipinski definition) is 4. The molecule has 111 valence electrons. The maximum atomic E-state index is 10.2. The van der Waals surface area contributed by atoms with Crippen molar-refractivity contribution >= 4 is 64.3 Å². The number of hydrogen-bond acceptors (Lipinski definition) is 6. The van der Waals surface area contributed by atoms with Gasteiger partial charge in [0.1, 0.15) is 10.1 Å². The van der Waals surface area contributed by atoms with Crippen LogP contribution < -0.4 is 45.3 Å². The van der Waals surface area contributed by atoms with E-state index in [1.165, 1.54) is 18.2 Å². The summed E-state index contributed by atoms with van der Waals surface area (Å²) in [7, 11) is 0. The van der Waals surface area contributed by atoms with Gasteiger partial charge in [0, 0.05) is 18.7 Å². The predicted octanol–water partition coefficient (Wildman–Crippen LogP) is -3.03. The number of carbonyl (C=O) groups is 1. The number of carboxylic acids is 1. The van der Waals surface area contributed by atoms with Gasteiger partial charge in [-0.25, -0.2) is 0 Å². The summed E-state index contributed by atoms with van der Waals surface area (Å²) in [5, 5.41) is 24.6. The van der Waals surface area contributed by atoms with Gasteiger partial charge in [0.15, 0.2) is 0 Å². The third-order valence-corrected chi connectivity index (χ3v) is 2.39. The number of benzene rings is 1. The van der Waals surface area contributed by atoms with Crippen LogP contribution in [0.3, 0.4) is 0 Å². The zero-order valence-corrected chi connectivity index (χ0v) is 22.7. The van der Waals surface area contributed by atoms with Crippen molar-refractivity contribution in [2.24, 2.45) is 0 Å². The molecule has 0 saturated heterocycles. The van der Waals surface area contributed by atoms with Gasteiger partial charge in [-0.3, -0.25) is 0 Å². The second-order valence-electron chi connectivity index (χ2n) is 3.25. The molecule has 3 N–H and O–H groups in total. The first-order valence-electron chi connectivity index (χ1n) is 5.25. The molecule has 0 amide bonds. The Morgan fingerprint density at radius 2 is 1.77 bits per heavy atom. The van der Waals surface area contributed by atoms with Gasteiger partial charge < -0.3 is 50.5 Å². The van der Waals surface area contributed by atoms with Gasteiger partial charge >= 0.3 is 57.2 Å². The molecule has 0 atom stereocenters. The molecule has 11 heteroatoms. The van der Waals surface area contributed by atoms with Crippen molar-refractivity contribution < 1.29 is 72.2 Å². The first-order valence-corrected chi connectivity index (χ1v) is 6.92. The minimum absolute atomic E-state index is 0. The summed E-state index contributed by atoms with van der Waals surface area (Å²) in [6.07, 6.45) is 0. The van der Waals surface area contributed by atoms with Gasteiger partial charge in [-0.1, -0.05) is 28.7 Å². The van der Waals surface area contributed by atoms with E-state index in [1.807, 2.05) is 0 Å². The van der Waals surface area contributed by atoms with Crippen LogP contribution in [0.5, 0.6) is 5.75 Å². The summed E-state index contributed by atoms with van der Waals surface area (Å²) in [5.41, 5.74) is -0.178. The van der Waals surface area contributed by atoms with Crippen LogP contribution in [0, 0.1) is 0 Å². The number of thiocarbonyl (C=S) groups is 2. The number of carbonyl (C=O) groups excluding carboxylic acids is 1. The molecular weight excluding hydrogens is 560 g/mol. The normalized spacial score (nSPS) is 8.05. The molecular formula is C11H12HgN2NaO3S4. The van der Waals surface area contributed by atoms with Gasteiger partial charge in [0.25, 0.3) is 0 Å². The van der Waals surface area contributed by atoms with Crippen LogP contribution in [-0.2, 0) is 40.3 Å². The predicted molar refractivity (Wildman–Crippen MR) is 90.0 cm³/mol. The fourth-order valence-corrected chi connectivity index (χ4v) is 1.40. The zero-order valence-electron chi connectivity index (χ0n) is 11.9. The molecule has 0 spiro atoms. The standard InChI is InChI=1S/C7H6O3.C4H8N2S4.Hg.Na/c8-6-4-2-1-3-5(6)7(9)10;7-3(8)5-1-2-6-4(9)10;;/h1-4,8H,(H,9,10);1-2H2,(H2,5,7,8)(H2,6,9,10);;/q;;2*+1/p-2. The number of phenols is 1. The Kier molecular flexibility index (Phi) is 20.9. The molecule has 0 aliphatic heterocycles. The molecule has 0 saturated carbocycles. The molecule has 0 heterocycles. The minimum atomic E-state index is -1.36. The fourth-order valence-electron chi connectivity index (χ4n) is 0.980. The summed E-state index contributed by atoms with van der Waals surface area (Å²) in [5.74, 6) is -1.62. The van der Waals surface area contributed by atoms with E-state index in [-0.39, 0.29) is 68.5 Å². The number of thiol groups is 1. The summed E-state index contributed by atoms with van der Waals surface area (Å²) < 4.78 is 0.865. The Balaban J connectivity index is -0.000000301. The quantitative estimate of drug-likeness (QED) is 0.0999. The first-order chi connectivity index (χ1) is 9.34. The van der Waals surface area contributed by atoms with Crippen LogP contribution in [-0.4, -0.2) is 32.8 Å². The van der Waals surface area contributed by atoms with Crippen LogP contribution in [0.4, 0.5) is 0 Å². The Morgan fingerprint density at radius 1 is 1.27 bits per heavy atom. The summed E-state index contributed by atoms with van der Waals surface area (Å²) in [6.45, 7) is 1.38. The average Bonchev–Trinajstić information content (AvgIpc) is 2.35. The van der Waals surface area contributed by atoms with E-state index < -0.39 is 5.97 Å². The first kappa shape index (κ1) is 27.6. The molecule has 1 aromatic rings. The fraction of sp³-hybridized carbons (Fsp3) is 0.182. The van der Waals surface area contributed by atoms with Crippen LogP contribution in [0.1, 0.15) is 10.4 Å². The van der Waals surface area contributed by atoms with Gasteiger partial charge in [-0.05, 0) is 12.1 Å². The van der Waals surface area contributed by atoms with Crippen LogP contribution >= 0.6 is 37.1 Å². The Hall–Kier alpha value is 0.775. The number of nitrogens with one attached hydrogen (secondary N) is 2. The van der Waals surface area contributed by atoms with Crippen LogP contribution in [0.2, 0.25) is 0 Å². The molecule has 0 unspecified atom stereocenters. The van der Waals surface area contributed by atoms with Crippen molar-refractivity contribution in [1.29, 1.82) is 0 Å². The second-order valence-corrected chi connectivity index (χ2v) is 5.48. The van der Waals surface area contributed by atoms with Gasteiger partial charge in [-0.15, -0.1) is 12.6 Å².